The Hall–Kier alpha value is -0.260. The highest BCUT2D eigenvalue weighted by Crippen LogP contribution is 2.23. The summed E-state index contributed by atoms with van der Waals surface area (Å²) in [6, 6.07) is 4.76. The first-order valence-electron chi connectivity index (χ1n) is 4.68. The van der Waals surface area contributed by atoms with E-state index in [4.69, 9.17) is 11.6 Å². The molecule has 6 heteroatoms. The highest BCUT2D eigenvalue weighted by Gasteiger charge is 2.15. The molecule has 0 saturated heterocycles. The normalized spacial score (nSPS) is 14.0. The Morgan fingerprint density at radius 2 is 2.31 bits per heavy atom. The molecular weight excluding hydrogens is 315 g/mol. The maximum Gasteiger partial charge on any atom is 0.304 e. The zero-order chi connectivity index (χ0) is 10.7. The van der Waals surface area contributed by atoms with Crippen LogP contribution in [0.2, 0.25) is 5.02 Å². The SMILES string of the molecule is Br.Fc1cccc(Cl)c1CSC1=[NH+]CCN1. The van der Waals surface area contributed by atoms with Gasteiger partial charge in [-0.25, -0.2) is 4.39 Å². The van der Waals surface area contributed by atoms with Crippen LogP contribution in [0.3, 0.4) is 0 Å². The fourth-order valence-corrected chi connectivity index (χ4v) is 2.63. The third-order valence-electron chi connectivity index (χ3n) is 2.12. The third kappa shape index (κ3) is 3.37. The van der Waals surface area contributed by atoms with Gasteiger partial charge in [0.15, 0.2) is 0 Å². The summed E-state index contributed by atoms with van der Waals surface area (Å²) in [4.78, 5) is 3.17. The Labute approximate surface area is 113 Å². The lowest BCUT2D eigenvalue weighted by Crippen LogP contribution is -2.69. The molecule has 88 valence electrons. The predicted molar refractivity (Wildman–Crippen MR) is 71.9 cm³/mol. The summed E-state index contributed by atoms with van der Waals surface area (Å²) in [5.74, 6) is 0.300. The lowest BCUT2D eigenvalue weighted by Gasteiger charge is -2.03. The lowest BCUT2D eigenvalue weighted by atomic mass is 10.2. The Bertz CT molecular complexity index is 380. The molecule has 0 unspecified atom stereocenters. The van der Waals surface area contributed by atoms with Gasteiger partial charge in [0.05, 0.1) is 0 Å². The van der Waals surface area contributed by atoms with Crippen molar-refractivity contribution in [2.45, 2.75) is 5.75 Å². The number of hydrogen-bond donors (Lipinski definition) is 2. The van der Waals surface area contributed by atoms with Crippen LogP contribution >= 0.6 is 40.3 Å². The van der Waals surface area contributed by atoms with E-state index >= 15 is 0 Å². The van der Waals surface area contributed by atoms with Crippen LogP contribution in [0.5, 0.6) is 0 Å². The molecule has 1 heterocycles. The van der Waals surface area contributed by atoms with E-state index in [1.54, 1.807) is 12.1 Å². The summed E-state index contributed by atoms with van der Waals surface area (Å²) >= 11 is 7.45. The minimum absolute atomic E-state index is 0. The van der Waals surface area contributed by atoms with Gasteiger partial charge in [-0.05, 0) is 23.9 Å². The maximum absolute atomic E-state index is 13.4. The molecule has 2 nitrogen and oxygen atoms in total. The van der Waals surface area contributed by atoms with E-state index in [1.165, 1.54) is 17.8 Å². The summed E-state index contributed by atoms with van der Waals surface area (Å²) < 4.78 is 13.4. The number of benzene rings is 1. The van der Waals surface area contributed by atoms with Crippen molar-refractivity contribution in [1.82, 2.24) is 5.32 Å². The quantitative estimate of drug-likeness (QED) is 0.857. The number of hydrogen-bond acceptors (Lipinski definition) is 2. The van der Waals surface area contributed by atoms with Crippen molar-refractivity contribution >= 4 is 45.5 Å². The average Bonchev–Trinajstić information content (AvgIpc) is 2.70. The van der Waals surface area contributed by atoms with E-state index in [-0.39, 0.29) is 22.8 Å². The largest absolute Gasteiger partial charge is 0.304 e. The molecular formula is C10H12BrClFN2S+. The molecule has 2 rings (SSSR count). The van der Waals surface area contributed by atoms with Crippen LogP contribution in [0.1, 0.15) is 5.56 Å². The van der Waals surface area contributed by atoms with E-state index < -0.39 is 0 Å². The summed E-state index contributed by atoms with van der Waals surface area (Å²) in [7, 11) is 0. The first-order valence-corrected chi connectivity index (χ1v) is 6.04. The highest BCUT2D eigenvalue weighted by atomic mass is 79.9. The van der Waals surface area contributed by atoms with Gasteiger partial charge in [-0.1, -0.05) is 17.7 Å². The van der Waals surface area contributed by atoms with Crippen molar-refractivity contribution in [3.05, 3.63) is 34.6 Å². The molecule has 0 atom stereocenters. The van der Waals surface area contributed by atoms with E-state index in [2.05, 4.69) is 10.3 Å². The summed E-state index contributed by atoms with van der Waals surface area (Å²) in [5, 5.41) is 4.65. The maximum atomic E-state index is 13.4. The molecule has 16 heavy (non-hydrogen) atoms. The Morgan fingerprint density at radius 3 is 2.94 bits per heavy atom. The number of thioether (sulfide) groups is 1. The van der Waals surface area contributed by atoms with Gasteiger partial charge < -0.3 is 0 Å². The monoisotopic (exact) mass is 325 g/mol. The lowest BCUT2D eigenvalue weighted by molar-refractivity contribution is -0.441. The summed E-state index contributed by atoms with van der Waals surface area (Å²) in [5.41, 5.74) is 0.562. The molecule has 0 amide bonds. The fraction of sp³-hybridized carbons (Fsp3) is 0.300. The fourth-order valence-electron chi connectivity index (χ4n) is 1.33. The minimum Gasteiger partial charge on any atom is -0.265 e. The van der Waals surface area contributed by atoms with Crippen LogP contribution in [-0.2, 0) is 5.75 Å². The highest BCUT2D eigenvalue weighted by molar-refractivity contribution is 8.93. The molecule has 1 aromatic rings. The zero-order valence-corrected chi connectivity index (χ0v) is 11.7. The molecule has 0 spiro atoms. The van der Waals surface area contributed by atoms with Gasteiger partial charge in [0, 0.05) is 16.3 Å². The number of rotatable bonds is 2. The van der Waals surface area contributed by atoms with Crippen molar-refractivity contribution in [3.8, 4) is 0 Å². The first kappa shape index (κ1) is 13.8. The predicted octanol–water partition coefficient (Wildman–Crippen LogP) is 1.33. The minimum atomic E-state index is -0.242. The van der Waals surface area contributed by atoms with Crippen LogP contribution < -0.4 is 10.3 Å². The van der Waals surface area contributed by atoms with Gasteiger partial charge in [0.1, 0.15) is 18.9 Å². The van der Waals surface area contributed by atoms with E-state index in [0.29, 0.717) is 16.3 Å². The molecule has 1 aromatic carbocycles. The van der Waals surface area contributed by atoms with Crippen molar-refractivity contribution in [2.24, 2.45) is 0 Å². The molecule has 0 aliphatic carbocycles. The standard InChI is InChI=1S/C10H10ClFN2S.BrH/c11-8-2-1-3-9(12)7(8)6-15-10-13-4-5-14-10;/h1-3H,4-6H2,(H,13,14);1H/p+1. The Morgan fingerprint density at radius 1 is 1.50 bits per heavy atom. The first-order chi connectivity index (χ1) is 7.27. The van der Waals surface area contributed by atoms with Gasteiger partial charge in [0.2, 0.25) is 0 Å². The van der Waals surface area contributed by atoms with Crippen LogP contribution in [0.15, 0.2) is 18.2 Å². The molecule has 0 saturated carbocycles. The third-order valence-corrected chi connectivity index (χ3v) is 3.48. The van der Waals surface area contributed by atoms with Gasteiger partial charge in [-0.2, -0.15) is 0 Å². The smallest absolute Gasteiger partial charge is 0.265 e. The number of nitrogens with one attached hydrogen (secondary N) is 2. The van der Waals surface area contributed by atoms with Gasteiger partial charge in [-0.15, -0.1) is 17.0 Å². The van der Waals surface area contributed by atoms with Crippen LogP contribution in [0, 0.1) is 5.82 Å². The van der Waals surface area contributed by atoms with Crippen molar-refractivity contribution in [1.29, 1.82) is 0 Å². The van der Waals surface area contributed by atoms with Crippen molar-refractivity contribution < 1.29 is 9.38 Å². The Balaban J connectivity index is 0.00000128. The Kier molecular flexibility index (Phi) is 5.58. The second kappa shape index (κ2) is 6.47. The second-order valence-electron chi connectivity index (χ2n) is 3.17. The van der Waals surface area contributed by atoms with E-state index in [9.17, 15) is 4.39 Å². The molecule has 0 radical (unpaired) electrons. The topological polar surface area (TPSA) is 26.0 Å². The van der Waals surface area contributed by atoms with Crippen molar-refractivity contribution in [3.63, 3.8) is 0 Å². The molecule has 1 aliphatic rings. The summed E-state index contributed by atoms with van der Waals surface area (Å²) in [6.45, 7) is 1.85. The molecule has 2 N–H and O–H groups in total. The van der Waals surface area contributed by atoms with E-state index in [0.717, 1.165) is 18.3 Å². The van der Waals surface area contributed by atoms with Crippen LogP contribution in [0.4, 0.5) is 4.39 Å². The van der Waals surface area contributed by atoms with Gasteiger partial charge in [-0.3, -0.25) is 10.3 Å². The zero-order valence-electron chi connectivity index (χ0n) is 8.43. The average molecular weight is 327 g/mol. The van der Waals surface area contributed by atoms with E-state index in [1.807, 2.05) is 0 Å². The van der Waals surface area contributed by atoms with Crippen LogP contribution in [-0.4, -0.2) is 18.3 Å². The molecule has 0 aromatic heterocycles. The molecule has 0 fully saturated rings. The van der Waals surface area contributed by atoms with Gasteiger partial charge >= 0.3 is 5.17 Å². The van der Waals surface area contributed by atoms with Crippen molar-refractivity contribution in [2.75, 3.05) is 13.1 Å². The second-order valence-corrected chi connectivity index (χ2v) is 4.56. The molecule has 1 aliphatic heterocycles. The number of halogens is 3. The summed E-state index contributed by atoms with van der Waals surface area (Å²) in [6.07, 6.45) is 0. The van der Waals surface area contributed by atoms with Crippen LogP contribution in [0.25, 0.3) is 0 Å². The molecule has 0 bridgehead atoms. The van der Waals surface area contributed by atoms with Gasteiger partial charge in [0.25, 0.3) is 0 Å². The number of amidine groups is 1.